The minimum Gasteiger partial charge on any atom is -0.334 e. The second-order valence-corrected chi connectivity index (χ2v) is 12.5. The largest absolute Gasteiger partial charge is 0.334 e. The van der Waals surface area contributed by atoms with Crippen molar-refractivity contribution in [3.8, 4) is 22.6 Å². The van der Waals surface area contributed by atoms with Crippen LogP contribution in [0.4, 0.5) is 0 Å². The van der Waals surface area contributed by atoms with Crippen molar-refractivity contribution >= 4 is 0 Å². The van der Waals surface area contributed by atoms with Crippen LogP contribution in [0.3, 0.4) is 0 Å². The molecule has 1 atom stereocenters. The zero-order valence-corrected chi connectivity index (χ0v) is 27.8. The summed E-state index contributed by atoms with van der Waals surface area (Å²) in [5.74, 6) is 0.501. The zero-order chi connectivity index (χ0) is 34.3. The summed E-state index contributed by atoms with van der Waals surface area (Å²) >= 11 is 0. The van der Waals surface area contributed by atoms with Gasteiger partial charge in [0.1, 0.15) is 0 Å². The highest BCUT2D eigenvalue weighted by atomic mass is 16.5. The maximum atomic E-state index is 5.96. The van der Waals surface area contributed by atoms with Crippen molar-refractivity contribution in [2.75, 3.05) is 0 Å². The van der Waals surface area contributed by atoms with Crippen LogP contribution < -0.4 is 0 Å². The molecule has 0 fully saturated rings. The van der Waals surface area contributed by atoms with Gasteiger partial charge in [0.15, 0.2) is 5.82 Å². The molecule has 5 aromatic heterocycles. The van der Waals surface area contributed by atoms with Gasteiger partial charge in [0.2, 0.25) is 0 Å². The van der Waals surface area contributed by atoms with Crippen molar-refractivity contribution in [3.63, 3.8) is 0 Å². The van der Waals surface area contributed by atoms with Crippen molar-refractivity contribution in [1.82, 2.24) is 30.1 Å². The van der Waals surface area contributed by atoms with Crippen molar-refractivity contribution in [3.05, 3.63) is 217 Å². The van der Waals surface area contributed by atoms with E-state index in [1.54, 1.807) is 0 Å². The van der Waals surface area contributed by atoms with Gasteiger partial charge in [-0.25, -0.2) is 0 Å². The summed E-state index contributed by atoms with van der Waals surface area (Å²) in [6.45, 7) is 0. The molecule has 0 amide bonds. The van der Waals surface area contributed by atoms with Gasteiger partial charge in [-0.2, -0.15) is 4.98 Å². The predicted octanol–water partition coefficient (Wildman–Crippen LogP) is 9.13. The van der Waals surface area contributed by atoms with Gasteiger partial charge < -0.3 is 4.52 Å². The SMILES string of the molecule is c1ccc(-c2nc(CC(c3cccnc3)(c3cccnc3)C(c3ccccc3-c3ccccc3)C(c3cccnc3)c3cccnc3)no2)cc1. The Morgan fingerprint density at radius 1 is 0.510 bits per heavy atom. The lowest BCUT2D eigenvalue weighted by atomic mass is 9.56. The predicted molar refractivity (Wildman–Crippen MR) is 198 cm³/mol. The van der Waals surface area contributed by atoms with Crippen LogP contribution in [-0.4, -0.2) is 30.1 Å². The van der Waals surface area contributed by atoms with E-state index in [0.717, 1.165) is 44.5 Å². The summed E-state index contributed by atoms with van der Waals surface area (Å²) in [5, 5.41) is 4.64. The highest BCUT2D eigenvalue weighted by Crippen LogP contribution is 2.56. The van der Waals surface area contributed by atoms with E-state index in [1.165, 1.54) is 0 Å². The monoisotopic (exact) mass is 662 g/mol. The smallest absolute Gasteiger partial charge is 0.257 e. The molecule has 0 aliphatic heterocycles. The first-order valence-corrected chi connectivity index (χ1v) is 16.9. The quantitative estimate of drug-likeness (QED) is 0.136. The van der Waals surface area contributed by atoms with Crippen LogP contribution in [0.15, 0.2) is 188 Å². The Labute approximate surface area is 296 Å². The summed E-state index contributed by atoms with van der Waals surface area (Å²) in [7, 11) is 0. The Morgan fingerprint density at radius 2 is 1.04 bits per heavy atom. The molecule has 1 unspecified atom stereocenters. The zero-order valence-electron chi connectivity index (χ0n) is 27.8. The fourth-order valence-corrected chi connectivity index (χ4v) is 7.44. The molecule has 5 heterocycles. The maximum Gasteiger partial charge on any atom is 0.257 e. The second-order valence-electron chi connectivity index (χ2n) is 12.5. The molecule has 0 radical (unpaired) electrons. The standard InChI is InChI=1S/C44H34N6O/c1-3-13-32(14-4-1)38-21-7-8-22-39(38)42(41(34-17-9-23-45-28-34)35-18-10-24-46-29-35)44(36-19-11-25-47-30-36,37-20-12-26-48-31-37)27-40-49-43(51-50-40)33-15-5-2-6-16-33/h1-26,28-31,41-42H,27H2. The van der Waals surface area contributed by atoms with Gasteiger partial charge in [0.05, 0.1) is 0 Å². The third-order valence-corrected chi connectivity index (χ3v) is 9.61. The summed E-state index contributed by atoms with van der Waals surface area (Å²) < 4.78 is 5.96. The van der Waals surface area contributed by atoms with Crippen LogP contribution in [0.25, 0.3) is 22.6 Å². The molecule has 0 saturated heterocycles. The summed E-state index contributed by atoms with van der Waals surface area (Å²) in [4.78, 5) is 23.8. The Morgan fingerprint density at radius 3 is 1.59 bits per heavy atom. The van der Waals surface area contributed by atoms with E-state index in [0.29, 0.717) is 18.1 Å². The van der Waals surface area contributed by atoms with Gasteiger partial charge in [0.25, 0.3) is 5.89 Å². The third-order valence-electron chi connectivity index (χ3n) is 9.61. The average Bonchev–Trinajstić information content (AvgIpc) is 3.70. The highest BCUT2D eigenvalue weighted by Gasteiger charge is 2.49. The van der Waals surface area contributed by atoms with E-state index in [9.17, 15) is 0 Å². The lowest BCUT2D eigenvalue weighted by molar-refractivity contribution is 0.354. The Hall–Kier alpha value is -6.60. The lowest BCUT2D eigenvalue weighted by Crippen LogP contribution is -2.41. The van der Waals surface area contributed by atoms with Crippen LogP contribution in [0, 0.1) is 0 Å². The Kier molecular flexibility index (Phi) is 8.99. The minimum absolute atomic E-state index is 0.238. The van der Waals surface area contributed by atoms with Crippen molar-refractivity contribution in [1.29, 1.82) is 0 Å². The van der Waals surface area contributed by atoms with Gasteiger partial charge in [-0.1, -0.05) is 102 Å². The van der Waals surface area contributed by atoms with E-state index >= 15 is 0 Å². The fraction of sp³-hybridized carbons (Fsp3) is 0.0909. The molecule has 3 aromatic carbocycles. The number of hydrogen-bond acceptors (Lipinski definition) is 7. The number of hydrogen-bond donors (Lipinski definition) is 0. The summed E-state index contributed by atoms with van der Waals surface area (Å²) in [5.41, 5.74) is 7.48. The molecule has 0 bridgehead atoms. The van der Waals surface area contributed by atoms with Crippen LogP contribution in [0.1, 0.15) is 45.5 Å². The van der Waals surface area contributed by atoms with Crippen LogP contribution in [-0.2, 0) is 11.8 Å². The van der Waals surface area contributed by atoms with Crippen LogP contribution in [0.5, 0.6) is 0 Å². The lowest BCUT2D eigenvalue weighted by Gasteiger charge is -2.46. The maximum absolute atomic E-state index is 5.96. The summed E-state index contributed by atoms with van der Waals surface area (Å²) in [6, 6.07) is 45.7. The molecule has 0 spiro atoms. The first-order valence-electron chi connectivity index (χ1n) is 16.9. The number of nitrogens with zero attached hydrogens (tertiary/aromatic N) is 6. The number of aromatic nitrogens is 6. The average molecular weight is 663 g/mol. The van der Waals surface area contributed by atoms with Gasteiger partial charge >= 0.3 is 0 Å². The van der Waals surface area contributed by atoms with Crippen molar-refractivity contribution in [2.24, 2.45) is 0 Å². The number of pyridine rings is 4. The van der Waals surface area contributed by atoms with E-state index in [2.05, 4.69) is 87.9 Å². The number of rotatable bonds is 11. The van der Waals surface area contributed by atoms with Crippen molar-refractivity contribution < 1.29 is 4.52 Å². The van der Waals surface area contributed by atoms with E-state index in [1.807, 2.05) is 110 Å². The van der Waals surface area contributed by atoms with Gasteiger partial charge in [0, 0.05) is 78.8 Å². The topological polar surface area (TPSA) is 90.5 Å². The molecule has 0 aliphatic carbocycles. The van der Waals surface area contributed by atoms with E-state index in [4.69, 9.17) is 19.5 Å². The second kappa shape index (κ2) is 14.5. The van der Waals surface area contributed by atoms with E-state index in [-0.39, 0.29) is 11.8 Å². The van der Waals surface area contributed by atoms with Crippen LogP contribution in [0.2, 0.25) is 0 Å². The van der Waals surface area contributed by atoms with Crippen molar-refractivity contribution in [2.45, 2.75) is 23.7 Å². The van der Waals surface area contributed by atoms with Gasteiger partial charge in [-0.3, -0.25) is 19.9 Å². The molecule has 0 aliphatic rings. The molecule has 51 heavy (non-hydrogen) atoms. The molecule has 0 N–H and O–H groups in total. The molecule has 0 saturated carbocycles. The molecular weight excluding hydrogens is 629 g/mol. The summed E-state index contributed by atoms with van der Waals surface area (Å²) in [6.07, 6.45) is 15.5. The molecular formula is C44H34N6O. The molecule has 7 heteroatoms. The van der Waals surface area contributed by atoms with Crippen LogP contribution >= 0.6 is 0 Å². The molecule has 246 valence electrons. The first-order chi connectivity index (χ1) is 25.3. The molecule has 8 rings (SSSR count). The Bertz CT molecular complexity index is 2210. The van der Waals surface area contributed by atoms with Gasteiger partial charge in [-0.05, 0) is 75.3 Å². The highest BCUT2D eigenvalue weighted by molar-refractivity contribution is 5.70. The first kappa shape index (κ1) is 31.7. The van der Waals surface area contributed by atoms with E-state index < -0.39 is 5.41 Å². The molecule has 8 aromatic rings. The fourth-order valence-electron chi connectivity index (χ4n) is 7.44. The normalized spacial score (nSPS) is 12.1. The Balaban J connectivity index is 1.48. The number of benzene rings is 3. The third kappa shape index (κ3) is 6.33. The van der Waals surface area contributed by atoms with Gasteiger partial charge in [-0.15, -0.1) is 0 Å². The molecule has 7 nitrogen and oxygen atoms in total. The minimum atomic E-state index is -0.846.